The highest BCUT2D eigenvalue weighted by atomic mass is 16.5. The second-order valence-electron chi connectivity index (χ2n) is 3.85. The van der Waals surface area contributed by atoms with E-state index in [0.717, 1.165) is 0 Å². The van der Waals surface area contributed by atoms with Crippen molar-refractivity contribution < 1.29 is 9.32 Å². The van der Waals surface area contributed by atoms with Crippen LogP contribution in [0, 0.1) is 0 Å². The van der Waals surface area contributed by atoms with Crippen molar-refractivity contribution in [2.24, 2.45) is 5.73 Å². The number of rotatable bonds is 6. The fraction of sp³-hybridized carbons (Fsp3) is 0.500. The summed E-state index contributed by atoms with van der Waals surface area (Å²) < 4.78 is 6.57. The smallest absolute Gasteiger partial charge is 0.234 e. The van der Waals surface area contributed by atoms with Gasteiger partial charge in [-0.25, -0.2) is 4.68 Å². The van der Waals surface area contributed by atoms with Gasteiger partial charge in [-0.1, -0.05) is 17.3 Å². The van der Waals surface area contributed by atoms with Crippen LogP contribution in [0.25, 0.3) is 0 Å². The van der Waals surface area contributed by atoms with Crippen LogP contribution in [0.5, 0.6) is 0 Å². The van der Waals surface area contributed by atoms with Gasteiger partial charge in [0.05, 0.1) is 19.3 Å². The zero-order valence-corrected chi connectivity index (χ0v) is 10.5. The predicted molar refractivity (Wildman–Crippen MR) is 63.7 cm³/mol. The van der Waals surface area contributed by atoms with Crippen LogP contribution in [0.3, 0.4) is 0 Å². The zero-order chi connectivity index (χ0) is 13.7. The van der Waals surface area contributed by atoms with Crippen LogP contribution in [0.2, 0.25) is 0 Å². The molecule has 2 aromatic heterocycles. The minimum Gasteiger partial charge on any atom is -0.349 e. The molecule has 0 aliphatic rings. The molecule has 3 N–H and O–H groups in total. The van der Waals surface area contributed by atoms with Gasteiger partial charge < -0.3 is 15.6 Å². The third-order valence-corrected chi connectivity index (χ3v) is 2.35. The van der Waals surface area contributed by atoms with Crippen molar-refractivity contribution in [3.8, 4) is 0 Å². The summed E-state index contributed by atoms with van der Waals surface area (Å²) >= 11 is 0. The van der Waals surface area contributed by atoms with Crippen LogP contribution in [0.4, 0.5) is 0 Å². The van der Waals surface area contributed by atoms with E-state index in [1.165, 1.54) is 0 Å². The molecule has 9 nitrogen and oxygen atoms in total. The minimum atomic E-state index is -0.236. The molecule has 0 saturated carbocycles. The highest BCUT2D eigenvalue weighted by molar-refractivity contribution is 5.77. The SMILES string of the molecule is CCc1nc(Cn2cc(CNC(=O)CN)nn2)no1. The number of hydrogen-bond donors (Lipinski definition) is 2. The molecule has 9 heteroatoms. The van der Waals surface area contributed by atoms with Gasteiger partial charge in [-0.2, -0.15) is 4.98 Å². The van der Waals surface area contributed by atoms with E-state index in [2.05, 4.69) is 25.8 Å². The lowest BCUT2D eigenvalue weighted by molar-refractivity contribution is -0.119. The molecule has 0 radical (unpaired) electrons. The number of carbonyl (C=O) groups is 1. The Morgan fingerprint density at radius 3 is 3.11 bits per heavy atom. The summed E-state index contributed by atoms with van der Waals surface area (Å²) in [4.78, 5) is 15.2. The summed E-state index contributed by atoms with van der Waals surface area (Å²) in [7, 11) is 0. The third kappa shape index (κ3) is 3.58. The van der Waals surface area contributed by atoms with Gasteiger partial charge in [-0.15, -0.1) is 5.10 Å². The van der Waals surface area contributed by atoms with Crippen LogP contribution in [0.15, 0.2) is 10.7 Å². The van der Waals surface area contributed by atoms with Crippen molar-refractivity contribution in [1.29, 1.82) is 0 Å². The molecule has 1 amide bonds. The van der Waals surface area contributed by atoms with E-state index in [4.69, 9.17) is 10.3 Å². The van der Waals surface area contributed by atoms with E-state index >= 15 is 0 Å². The molecule has 0 aliphatic carbocycles. The van der Waals surface area contributed by atoms with Crippen molar-refractivity contribution in [2.45, 2.75) is 26.4 Å². The first-order valence-corrected chi connectivity index (χ1v) is 5.88. The summed E-state index contributed by atoms with van der Waals surface area (Å²) in [5.74, 6) is 0.894. The zero-order valence-electron chi connectivity index (χ0n) is 10.5. The van der Waals surface area contributed by atoms with Crippen molar-refractivity contribution in [1.82, 2.24) is 30.5 Å². The van der Waals surface area contributed by atoms with Crippen molar-refractivity contribution >= 4 is 5.91 Å². The van der Waals surface area contributed by atoms with Crippen molar-refractivity contribution in [3.05, 3.63) is 23.6 Å². The molecule has 102 valence electrons. The lowest BCUT2D eigenvalue weighted by Gasteiger charge is -1.98. The summed E-state index contributed by atoms with van der Waals surface area (Å²) in [6.45, 7) is 2.56. The standard InChI is InChI=1S/C10H15N7O2/c1-2-10-13-8(15-19-10)6-17-5-7(14-16-17)4-12-9(18)3-11/h5H,2-4,6,11H2,1H3,(H,12,18). The summed E-state index contributed by atoms with van der Waals surface area (Å²) in [5, 5.41) is 14.3. The maximum Gasteiger partial charge on any atom is 0.234 e. The predicted octanol–water partition coefficient (Wildman–Crippen LogP) is -1.15. The molecular weight excluding hydrogens is 250 g/mol. The number of aryl methyl sites for hydroxylation is 1. The Balaban J connectivity index is 1.91. The van der Waals surface area contributed by atoms with Crippen LogP contribution < -0.4 is 11.1 Å². The molecule has 0 saturated heterocycles. The molecular formula is C10H15N7O2. The number of nitrogens with zero attached hydrogens (tertiary/aromatic N) is 5. The Morgan fingerprint density at radius 2 is 2.42 bits per heavy atom. The Morgan fingerprint density at radius 1 is 1.58 bits per heavy atom. The summed E-state index contributed by atoms with van der Waals surface area (Å²) in [6, 6.07) is 0. The number of carbonyl (C=O) groups excluding carboxylic acids is 1. The van der Waals surface area contributed by atoms with Crippen molar-refractivity contribution in [3.63, 3.8) is 0 Å². The van der Waals surface area contributed by atoms with Gasteiger partial charge in [0, 0.05) is 6.42 Å². The molecule has 0 spiro atoms. The second kappa shape index (κ2) is 6.05. The average molecular weight is 265 g/mol. The highest BCUT2D eigenvalue weighted by Crippen LogP contribution is 2.01. The second-order valence-corrected chi connectivity index (χ2v) is 3.85. The Bertz CT molecular complexity index is 548. The van der Waals surface area contributed by atoms with Gasteiger partial charge in [-0.3, -0.25) is 4.79 Å². The van der Waals surface area contributed by atoms with Gasteiger partial charge in [0.2, 0.25) is 11.8 Å². The monoisotopic (exact) mass is 265 g/mol. The largest absolute Gasteiger partial charge is 0.349 e. The van der Waals surface area contributed by atoms with E-state index in [-0.39, 0.29) is 12.5 Å². The molecule has 0 aliphatic heterocycles. The molecule has 19 heavy (non-hydrogen) atoms. The minimum absolute atomic E-state index is 0.0448. The molecule has 2 aromatic rings. The van der Waals surface area contributed by atoms with E-state index in [9.17, 15) is 4.79 Å². The fourth-order valence-electron chi connectivity index (χ4n) is 1.40. The fourth-order valence-corrected chi connectivity index (χ4v) is 1.40. The van der Waals surface area contributed by atoms with Gasteiger partial charge in [0.25, 0.3) is 0 Å². The van der Waals surface area contributed by atoms with E-state index in [0.29, 0.717) is 36.9 Å². The third-order valence-electron chi connectivity index (χ3n) is 2.35. The van der Waals surface area contributed by atoms with E-state index in [1.807, 2.05) is 6.92 Å². The van der Waals surface area contributed by atoms with Gasteiger partial charge in [0.1, 0.15) is 12.2 Å². The van der Waals surface area contributed by atoms with Crippen molar-refractivity contribution in [2.75, 3.05) is 6.54 Å². The normalized spacial score (nSPS) is 10.6. The van der Waals surface area contributed by atoms with Crippen LogP contribution in [-0.4, -0.2) is 37.6 Å². The van der Waals surface area contributed by atoms with Gasteiger partial charge in [-0.05, 0) is 0 Å². The average Bonchev–Trinajstić information content (AvgIpc) is 3.05. The number of nitrogens with one attached hydrogen (secondary N) is 1. The topological polar surface area (TPSA) is 125 Å². The molecule has 0 aromatic carbocycles. The van der Waals surface area contributed by atoms with Crippen LogP contribution >= 0.6 is 0 Å². The number of amides is 1. The molecule has 0 bridgehead atoms. The first-order chi connectivity index (χ1) is 9.21. The molecule has 0 unspecified atom stereocenters. The lowest BCUT2D eigenvalue weighted by atomic mass is 10.4. The number of aromatic nitrogens is 5. The summed E-state index contributed by atoms with van der Waals surface area (Å²) in [5.41, 5.74) is 5.82. The number of nitrogens with two attached hydrogens (primary N) is 1. The van der Waals surface area contributed by atoms with E-state index < -0.39 is 0 Å². The summed E-state index contributed by atoms with van der Waals surface area (Å²) in [6.07, 6.45) is 2.40. The van der Waals surface area contributed by atoms with Gasteiger partial charge >= 0.3 is 0 Å². The first-order valence-electron chi connectivity index (χ1n) is 5.88. The number of hydrogen-bond acceptors (Lipinski definition) is 7. The molecule has 0 atom stereocenters. The Labute approximate surface area is 109 Å². The first kappa shape index (κ1) is 13.1. The molecule has 2 rings (SSSR count). The maximum absolute atomic E-state index is 11.0. The highest BCUT2D eigenvalue weighted by Gasteiger charge is 2.07. The van der Waals surface area contributed by atoms with Crippen LogP contribution in [-0.2, 0) is 24.3 Å². The Hall–Kier alpha value is -2.29. The molecule has 0 fully saturated rings. The lowest BCUT2D eigenvalue weighted by Crippen LogP contribution is -2.29. The maximum atomic E-state index is 11.0. The van der Waals surface area contributed by atoms with E-state index in [1.54, 1.807) is 10.9 Å². The molecule has 2 heterocycles. The van der Waals surface area contributed by atoms with Gasteiger partial charge in [0.15, 0.2) is 5.82 Å². The quantitative estimate of drug-likeness (QED) is 0.675. The van der Waals surface area contributed by atoms with Crippen LogP contribution in [0.1, 0.15) is 24.3 Å². The Kier molecular flexibility index (Phi) is 4.18.